The number of guanidine groups is 1. The first-order valence-electron chi connectivity index (χ1n) is 10.3. The molecule has 0 bridgehead atoms. The van der Waals surface area contributed by atoms with E-state index < -0.39 is 0 Å². The zero-order chi connectivity index (χ0) is 21.6. The zero-order valence-electron chi connectivity index (χ0n) is 17.7. The summed E-state index contributed by atoms with van der Waals surface area (Å²) in [4.78, 5) is 21.1. The molecule has 1 aliphatic carbocycles. The van der Waals surface area contributed by atoms with E-state index in [-0.39, 0.29) is 23.2 Å². The number of hydrogen-bond donors (Lipinski definition) is 3. The number of aromatic nitrogens is 1. The summed E-state index contributed by atoms with van der Waals surface area (Å²) in [6.07, 6.45) is 2.66. The van der Waals surface area contributed by atoms with Gasteiger partial charge in [-0.15, -0.1) is 0 Å². The van der Waals surface area contributed by atoms with E-state index in [1.54, 1.807) is 7.11 Å². The molecule has 0 saturated carbocycles. The minimum Gasteiger partial charge on any atom is -0.497 e. The maximum atomic E-state index is 13.1. The van der Waals surface area contributed by atoms with Crippen LogP contribution in [0.2, 0.25) is 0 Å². The fourth-order valence-corrected chi connectivity index (χ4v) is 4.38. The van der Waals surface area contributed by atoms with Gasteiger partial charge in [0, 0.05) is 6.42 Å². The van der Waals surface area contributed by atoms with Crippen molar-refractivity contribution in [2.75, 3.05) is 12.4 Å². The van der Waals surface area contributed by atoms with E-state index in [1.807, 2.05) is 48.5 Å². The van der Waals surface area contributed by atoms with Crippen LogP contribution in [0.5, 0.6) is 5.75 Å². The van der Waals surface area contributed by atoms with Crippen molar-refractivity contribution in [3.8, 4) is 5.75 Å². The van der Waals surface area contributed by atoms with E-state index in [2.05, 4.69) is 40.5 Å². The highest BCUT2D eigenvalue weighted by Crippen LogP contribution is 2.38. The number of carbonyl (C=O) groups excluding carboxylic acids is 1. The Balaban J connectivity index is 1.54. The highest BCUT2D eigenvalue weighted by Gasteiger charge is 2.45. The van der Waals surface area contributed by atoms with Crippen LogP contribution >= 0.6 is 0 Å². The molecule has 3 N–H and O–H groups in total. The number of benzene rings is 2. The van der Waals surface area contributed by atoms with Crippen molar-refractivity contribution in [1.82, 2.24) is 10.3 Å². The molecule has 1 aliphatic heterocycles. The predicted molar refractivity (Wildman–Crippen MR) is 117 cm³/mol. The number of rotatable bonds is 3. The topological polar surface area (TPSA) is 90.4 Å². The number of methoxy groups -OCH3 is 1. The average molecular weight is 417 g/mol. The summed E-state index contributed by atoms with van der Waals surface area (Å²) < 4.78 is 11.1. The van der Waals surface area contributed by atoms with Gasteiger partial charge in [0.15, 0.2) is 5.58 Å². The van der Waals surface area contributed by atoms with Crippen molar-refractivity contribution in [3.05, 3.63) is 65.9 Å². The summed E-state index contributed by atoms with van der Waals surface area (Å²) >= 11 is 0. The van der Waals surface area contributed by atoms with Gasteiger partial charge in [-0.2, -0.15) is 10.3 Å². The molecule has 1 aromatic heterocycles. The summed E-state index contributed by atoms with van der Waals surface area (Å²) in [5.74, 6) is 1.32. The third-order valence-electron chi connectivity index (χ3n) is 5.76. The SMILES string of the molecule is COc1ccc([C@@H]2[NH+]=C(Nc3nc4ccccc4o3)NC3=CC(C)(C)CC(=O)[C@H]32)cc1. The Morgan fingerprint density at radius 3 is 2.71 bits per heavy atom. The van der Waals surface area contributed by atoms with Crippen LogP contribution in [-0.2, 0) is 4.79 Å². The molecular formula is C24H25N4O3+. The van der Waals surface area contributed by atoms with Crippen molar-refractivity contribution in [1.29, 1.82) is 0 Å². The fourth-order valence-electron chi connectivity index (χ4n) is 4.38. The van der Waals surface area contributed by atoms with Crippen molar-refractivity contribution in [2.24, 2.45) is 11.3 Å². The van der Waals surface area contributed by atoms with Crippen LogP contribution in [0.1, 0.15) is 31.9 Å². The van der Waals surface area contributed by atoms with E-state index in [0.717, 1.165) is 22.5 Å². The van der Waals surface area contributed by atoms with Gasteiger partial charge in [0.1, 0.15) is 29.0 Å². The summed E-state index contributed by atoms with van der Waals surface area (Å²) in [6, 6.07) is 15.6. The maximum absolute atomic E-state index is 13.1. The Labute approximate surface area is 180 Å². The highest BCUT2D eigenvalue weighted by molar-refractivity contribution is 5.94. The quantitative estimate of drug-likeness (QED) is 0.607. The molecule has 158 valence electrons. The molecule has 2 aliphatic rings. The number of nitrogens with zero attached hydrogens (tertiary/aromatic N) is 1. The summed E-state index contributed by atoms with van der Waals surface area (Å²) in [6.45, 7) is 4.16. The van der Waals surface area contributed by atoms with E-state index in [0.29, 0.717) is 24.0 Å². The van der Waals surface area contributed by atoms with Gasteiger partial charge in [0.2, 0.25) is 0 Å². The number of anilines is 1. The molecule has 0 saturated heterocycles. The minimum atomic E-state index is -0.296. The molecule has 0 fully saturated rings. The molecule has 7 heteroatoms. The number of carbonyl (C=O) groups is 1. The van der Waals surface area contributed by atoms with Gasteiger partial charge in [-0.1, -0.05) is 38.1 Å². The van der Waals surface area contributed by atoms with E-state index in [9.17, 15) is 4.79 Å². The first-order chi connectivity index (χ1) is 14.9. The lowest BCUT2D eigenvalue weighted by Gasteiger charge is -2.36. The smallest absolute Gasteiger partial charge is 0.365 e. The fraction of sp³-hybridized carbons (Fsp3) is 0.292. The number of Topliss-reactive ketones (excluding diaryl/α,β-unsaturated/α-hetero) is 1. The van der Waals surface area contributed by atoms with Crippen LogP contribution in [0.3, 0.4) is 0 Å². The highest BCUT2D eigenvalue weighted by atomic mass is 16.5. The Kier molecular flexibility index (Phi) is 4.54. The van der Waals surface area contributed by atoms with Crippen LogP contribution in [0.15, 0.2) is 64.7 Å². The van der Waals surface area contributed by atoms with E-state index in [1.165, 1.54) is 0 Å². The van der Waals surface area contributed by atoms with Crippen molar-refractivity contribution >= 4 is 28.9 Å². The molecule has 7 nitrogen and oxygen atoms in total. The Morgan fingerprint density at radius 1 is 1.19 bits per heavy atom. The largest absolute Gasteiger partial charge is 0.497 e. The Morgan fingerprint density at radius 2 is 1.97 bits per heavy atom. The van der Waals surface area contributed by atoms with Crippen LogP contribution in [0.25, 0.3) is 11.1 Å². The van der Waals surface area contributed by atoms with Crippen LogP contribution in [-0.4, -0.2) is 23.8 Å². The van der Waals surface area contributed by atoms with Gasteiger partial charge in [-0.05, 0) is 41.3 Å². The molecule has 2 aromatic carbocycles. The standard InChI is InChI=1S/C24H24N4O3/c1-24(2)12-17-20(18(29)13-24)21(14-8-10-15(30-3)11-9-14)27-22(25-17)28-23-26-16-6-4-5-7-19(16)31-23/h4-12,20-21H,13H2,1-3H3,(H2,25,26,27,28)/p+1/t20-,21-/m0/s1. The monoisotopic (exact) mass is 417 g/mol. The summed E-state index contributed by atoms with van der Waals surface area (Å²) in [5.41, 5.74) is 3.17. The number of ether oxygens (including phenoxy) is 1. The van der Waals surface area contributed by atoms with Gasteiger partial charge in [0.05, 0.1) is 12.8 Å². The second-order valence-corrected chi connectivity index (χ2v) is 8.72. The third kappa shape index (κ3) is 3.67. The Hall–Kier alpha value is -3.61. The van der Waals surface area contributed by atoms with Gasteiger partial charge in [-0.3, -0.25) is 9.79 Å². The number of oxazole rings is 1. The third-order valence-corrected chi connectivity index (χ3v) is 5.76. The first-order valence-corrected chi connectivity index (χ1v) is 10.3. The number of ketones is 1. The molecular weight excluding hydrogens is 392 g/mol. The lowest BCUT2D eigenvalue weighted by Crippen LogP contribution is -2.84. The second kappa shape index (κ2) is 7.27. The van der Waals surface area contributed by atoms with Gasteiger partial charge in [0.25, 0.3) is 0 Å². The van der Waals surface area contributed by atoms with Crippen LogP contribution in [0, 0.1) is 11.3 Å². The molecule has 0 spiro atoms. The lowest BCUT2D eigenvalue weighted by atomic mass is 9.72. The lowest BCUT2D eigenvalue weighted by molar-refractivity contribution is -0.522. The minimum absolute atomic E-state index is 0.208. The zero-order valence-corrected chi connectivity index (χ0v) is 17.7. The number of para-hydroxylation sites is 2. The first kappa shape index (κ1) is 19.4. The molecule has 5 rings (SSSR count). The van der Waals surface area contributed by atoms with E-state index in [4.69, 9.17) is 9.15 Å². The molecule has 3 aromatic rings. The van der Waals surface area contributed by atoms with Gasteiger partial charge in [-0.25, -0.2) is 5.32 Å². The van der Waals surface area contributed by atoms with Crippen molar-refractivity contribution in [2.45, 2.75) is 26.3 Å². The number of nitrogens with one attached hydrogen (secondary N) is 3. The normalized spacial score (nSPS) is 22.2. The van der Waals surface area contributed by atoms with Gasteiger partial charge < -0.3 is 9.15 Å². The van der Waals surface area contributed by atoms with Gasteiger partial charge >= 0.3 is 12.0 Å². The van der Waals surface area contributed by atoms with Crippen molar-refractivity contribution < 1.29 is 18.9 Å². The molecule has 2 heterocycles. The second-order valence-electron chi connectivity index (χ2n) is 8.72. The maximum Gasteiger partial charge on any atom is 0.365 e. The average Bonchev–Trinajstić information content (AvgIpc) is 3.14. The summed E-state index contributed by atoms with van der Waals surface area (Å²) in [5, 5.41) is 6.57. The molecule has 0 unspecified atom stereocenters. The number of hydrogen-bond acceptors (Lipinski definition) is 6. The molecule has 0 radical (unpaired) electrons. The van der Waals surface area contributed by atoms with Crippen LogP contribution < -0.4 is 20.4 Å². The molecule has 0 amide bonds. The molecule has 31 heavy (non-hydrogen) atoms. The predicted octanol–water partition coefficient (Wildman–Crippen LogP) is 2.53. The van der Waals surface area contributed by atoms with Crippen molar-refractivity contribution in [3.63, 3.8) is 0 Å². The summed E-state index contributed by atoms with van der Waals surface area (Å²) in [7, 11) is 1.64. The van der Waals surface area contributed by atoms with Crippen LogP contribution in [0.4, 0.5) is 6.01 Å². The van der Waals surface area contributed by atoms with E-state index >= 15 is 0 Å². The molecule has 2 atom stereocenters. The number of fused-ring (bicyclic) bond motifs is 2. The Bertz CT molecular complexity index is 1170. The number of allylic oxidation sites excluding steroid dienone is 1.